The van der Waals surface area contributed by atoms with Crippen LogP contribution in [0.3, 0.4) is 0 Å². The Labute approximate surface area is 106 Å². The third kappa shape index (κ3) is 2.62. The van der Waals surface area contributed by atoms with Gasteiger partial charge in [0, 0.05) is 12.1 Å². The minimum atomic E-state index is -1.29. The number of nitrogens with two attached hydrogens (primary N) is 1. The highest BCUT2D eigenvalue weighted by molar-refractivity contribution is 5.73. The summed E-state index contributed by atoms with van der Waals surface area (Å²) in [5, 5.41) is 2.50. The Kier molecular flexibility index (Phi) is 3.33. The van der Waals surface area contributed by atoms with Gasteiger partial charge in [-0.1, -0.05) is 0 Å². The predicted molar refractivity (Wildman–Crippen MR) is 65.1 cm³/mol. The first-order chi connectivity index (χ1) is 8.88. The van der Waals surface area contributed by atoms with Crippen molar-refractivity contribution in [3.8, 4) is 0 Å². The van der Waals surface area contributed by atoms with Gasteiger partial charge in [-0.3, -0.25) is 0 Å². The molecule has 2 aromatic rings. The fourth-order valence-electron chi connectivity index (χ4n) is 1.57. The third-order valence-corrected chi connectivity index (χ3v) is 2.61. The topological polar surface area (TPSA) is 38.0 Å². The van der Waals surface area contributed by atoms with Gasteiger partial charge in [0.15, 0.2) is 11.6 Å². The largest absolute Gasteiger partial charge is 0.397 e. The summed E-state index contributed by atoms with van der Waals surface area (Å²) < 4.78 is 52.5. The molecule has 2 aromatic carbocycles. The maximum atomic E-state index is 13.4. The van der Waals surface area contributed by atoms with Crippen LogP contribution in [0.1, 0.15) is 5.56 Å². The second kappa shape index (κ2) is 4.79. The van der Waals surface area contributed by atoms with E-state index in [1.54, 1.807) is 0 Å². The molecule has 0 saturated heterocycles. The summed E-state index contributed by atoms with van der Waals surface area (Å²) in [7, 11) is 0. The van der Waals surface area contributed by atoms with Crippen molar-refractivity contribution in [2.45, 2.75) is 6.92 Å². The third-order valence-electron chi connectivity index (χ3n) is 2.61. The minimum absolute atomic E-state index is 0.0345. The summed E-state index contributed by atoms with van der Waals surface area (Å²) in [6, 6.07) is 3.51. The van der Waals surface area contributed by atoms with Crippen LogP contribution in [0.25, 0.3) is 0 Å². The lowest BCUT2D eigenvalue weighted by molar-refractivity contribution is 0.496. The maximum absolute atomic E-state index is 13.4. The van der Waals surface area contributed by atoms with Crippen molar-refractivity contribution in [3.05, 3.63) is 53.1 Å². The smallest absolute Gasteiger partial charge is 0.161 e. The normalized spacial score (nSPS) is 10.6. The molecule has 19 heavy (non-hydrogen) atoms. The molecule has 0 saturated carbocycles. The number of nitrogens with one attached hydrogen (secondary N) is 1. The van der Waals surface area contributed by atoms with Crippen LogP contribution >= 0.6 is 0 Å². The van der Waals surface area contributed by atoms with Gasteiger partial charge in [-0.05, 0) is 24.6 Å². The zero-order valence-corrected chi connectivity index (χ0v) is 9.90. The van der Waals surface area contributed by atoms with Crippen LogP contribution in [0.15, 0.2) is 24.3 Å². The molecule has 100 valence electrons. The van der Waals surface area contributed by atoms with Crippen LogP contribution in [0.4, 0.5) is 34.6 Å². The highest BCUT2D eigenvalue weighted by atomic mass is 19.2. The van der Waals surface area contributed by atoms with Gasteiger partial charge in [0.05, 0.1) is 17.1 Å². The van der Waals surface area contributed by atoms with Gasteiger partial charge in [-0.15, -0.1) is 0 Å². The van der Waals surface area contributed by atoms with Gasteiger partial charge < -0.3 is 11.1 Å². The number of benzene rings is 2. The number of hydrogen-bond donors (Lipinski definition) is 2. The molecular weight excluding hydrogens is 260 g/mol. The molecule has 0 bridgehead atoms. The summed E-state index contributed by atoms with van der Waals surface area (Å²) in [6.45, 7) is 1.50. The number of anilines is 3. The van der Waals surface area contributed by atoms with Crippen LogP contribution in [0.2, 0.25) is 0 Å². The molecule has 0 aliphatic carbocycles. The Morgan fingerprint density at radius 2 is 1.42 bits per heavy atom. The van der Waals surface area contributed by atoms with E-state index in [1.165, 1.54) is 13.0 Å². The molecule has 0 aromatic heterocycles. The monoisotopic (exact) mass is 270 g/mol. The van der Waals surface area contributed by atoms with Crippen molar-refractivity contribution in [1.82, 2.24) is 0 Å². The first-order valence-corrected chi connectivity index (χ1v) is 5.35. The quantitative estimate of drug-likeness (QED) is 0.494. The summed E-state index contributed by atoms with van der Waals surface area (Å²) in [6.07, 6.45) is 0. The van der Waals surface area contributed by atoms with Crippen molar-refractivity contribution < 1.29 is 17.6 Å². The lowest BCUT2D eigenvalue weighted by Gasteiger charge is -2.12. The summed E-state index contributed by atoms with van der Waals surface area (Å²) in [4.78, 5) is 0. The van der Waals surface area contributed by atoms with E-state index in [0.717, 1.165) is 6.07 Å². The highest BCUT2D eigenvalue weighted by Gasteiger charge is 2.12. The van der Waals surface area contributed by atoms with Gasteiger partial charge in [0.1, 0.15) is 11.6 Å². The maximum Gasteiger partial charge on any atom is 0.161 e. The van der Waals surface area contributed by atoms with Gasteiger partial charge >= 0.3 is 0 Å². The van der Waals surface area contributed by atoms with Crippen LogP contribution < -0.4 is 11.1 Å². The Balaban J connectivity index is 2.42. The standard InChI is InChI=1S/C13H10F4N2/c1-6-2-13(11(18)4-7(6)14)19-12-5-9(16)8(15)3-10(12)17/h2-5,19H,18H2,1H3. The van der Waals surface area contributed by atoms with E-state index in [4.69, 9.17) is 5.73 Å². The number of halogens is 4. The van der Waals surface area contributed by atoms with Crippen molar-refractivity contribution in [1.29, 1.82) is 0 Å². The number of nitrogen functional groups attached to an aromatic ring is 1. The van der Waals surface area contributed by atoms with Gasteiger partial charge in [0.2, 0.25) is 0 Å². The molecule has 0 radical (unpaired) electrons. The molecular formula is C13H10F4N2. The average Bonchev–Trinajstić information content (AvgIpc) is 2.32. The van der Waals surface area contributed by atoms with E-state index in [2.05, 4.69) is 5.32 Å². The van der Waals surface area contributed by atoms with Crippen molar-refractivity contribution in [3.63, 3.8) is 0 Å². The number of aryl methyl sites for hydroxylation is 1. The highest BCUT2D eigenvalue weighted by Crippen LogP contribution is 2.28. The van der Waals surface area contributed by atoms with Gasteiger partial charge in [-0.25, -0.2) is 17.6 Å². The van der Waals surface area contributed by atoms with Gasteiger partial charge in [0.25, 0.3) is 0 Å². The Morgan fingerprint density at radius 3 is 2.11 bits per heavy atom. The predicted octanol–water partition coefficient (Wildman–Crippen LogP) is 3.88. The Bertz CT molecular complexity index is 586. The number of rotatable bonds is 2. The molecule has 0 aliphatic rings. The Morgan fingerprint density at radius 1 is 0.789 bits per heavy atom. The van der Waals surface area contributed by atoms with E-state index in [1.807, 2.05) is 0 Å². The molecule has 6 heteroatoms. The molecule has 0 heterocycles. The fourth-order valence-corrected chi connectivity index (χ4v) is 1.57. The average molecular weight is 270 g/mol. The van der Waals surface area contributed by atoms with Crippen LogP contribution in [0.5, 0.6) is 0 Å². The molecule has 3 N–H and O–H groups in total. The molecule has 0 spiro atoms. The fraction of sp³-hybridized carbons (Fsp3) is 0.0769. The zero-order chi connectivity index (χ0) is 14.2. The van der Waals surface area contributed by atoms with E-state index in [-0.39, 0.29) is 17.1 Å². The summed E-state index contributed by atoms with van der Waals surface area (Å²) >= 11 is 0. The van der Waals surface area contributed by atoms with Crippen molar-refractivity contribution in [2.24, 2.45) is 0 Å². The van der Waals surface area contributed by atoms with E-state index >= 15 is 0 Å². The van der Waals surface area contributed by atoms with E-state index < -0.39 is 23.3 Å². The molecule has 0 unspecified atom stereocenters. The number of hydrogen-bond acceptors (Lipinski definition) is 2. The van der Waals surface area contributed by atoms with Crippen LogP contribution in [-0.4, -0.2) is 0 Å². The zero-order valence-electron chi connectivity index (χ0n) is 9.90. The summed E-state index contributed by atoms with van der Waals surface area (Å²) in [5.74, 6) is -3.96. The van der Waals surface area contributed by atoms with Crippen molar-refractivity contribution in [2.75, 3.05) is 11.1 Å². The van der Waals surface area contributed by atoms with E-state index in [9.17, 15) is 17.6 Å². The van der Waals surface area contributed by atoms with Crippen LogP contribution in [0, 0.1) is 30.2 Å². The van der Waals surface area contributed by atoms with Crippen LogP contribution in [-0.2, 0) is 0 Å². The second-order valence-corrected chi connectivity index (χ2v) is 4.06. The van der Waals surface area contributed by atoms with E-state index in [0.29, 0.717) is 17.7 Å². The molecule has 0 fully saturated rings. The van der Waals surface area contributed by atoms with Gasteiger partial charge in [-0.2, -0.15) is 0 Å². The van der Waals surface area contributed by atoms with Crippen molar-refractivity contribution >= 4 is 17.1 Å². The second-order valence-electron chi connectivity index (χ2n) is 4.06. The first-order valence-electron chi connectivity index (χ1n) is 5.35. The lowest BCUT2D eigenvalue weighted by Crippen LogP contribution is -2.01. The molecule has 0 aliphatic heterocycles. The Hall–Kier alpha value is -2.24. The molecule has 2 rings (SSSR count). The molecule has 0 amide bonds. The SMILES string of the molecule is Cc1cc(Nc2cc(F)c(F)cc2F)c(N)cc1F. The molecule has 2 nitrogen and oxygen atoms in total. The molecule has 0 atom stereocenters. The minimum Gasteiger partial charge on any atom is -0.397 e. The first kappa shape index (κ1) is 13.2. The lowest BCUT2D eigenvalue weighted by atomic mass is 10.1. The summed E-state index contributed by atoms with van der Waals surface area (Å²) in [5.41, 5.74) is 5.82.